The molecule has 7 aromatic rings. The van der Waals surface area contributed by atoms with E-state index in [2.05, 4.69) is 273 Å². The molecule has 0 saturated carbocycles. The van der Waals surface area contributed by atoms with E-state index >= 15 is 0 Å². The number of rotatable bonds is 7. The number of halogens is 5. The molecule has 0 amide bonds. The van der Waals surface area contributed by atoms with Crippen molar-refractivity contribution in [1.29, 1.82) is 0 Å². The van der Waals surface area contributed by atoms with Crippen LogP contribution in [0.4, 0.5) is 22.0 Å². The highest BCUT2D eigenvalue weighted by Crippen LogP contribution is 2.45. The van der Waals surface area contributed by atoms with E-state index in [1.54, 1.807) is 36.9 Å². The van der Waals surface area contributed by atoms with E-state index in [0.717, 1.165) is 115 Å². The van der Waals surface area contributed by atoms with Crippen molar-refractivity contribution in [1.82, 2.24) is 60.6 Å². The summed E-state index contributed by atoms with van der Waals surface area (Å²) < 4.78 is 62.1. The van der Waals surface area contributed by atoms with Crippen LogP contribution >= 0.6 is 0 Å². The average Bonchev–Trinajstić information content (AvgIpc) is 1.67. The summed E-state index contributed by atoms with van der Waals surface area (Å²) in [5.74, 6) is 3.31. The second kappa shape index (κ2) is 47.9. The van der Waals surface area contributed by atoms with Crippen molar-refractivity contribution in [3.63, 3.8) is 0 Å². The SMILES string of the molecule is CC(C)(C)C1CC2CCC(C1)N2.CC(C)(C)C1CCNCC1.CC(C)(C)Cc1ccc(C(F)(F)F)nc1.CC(C)(C)Cc1ccc(F)cn1.CC(C)(C)Cc1ccccn1.CC(C)(C)Cc1cccnn1.CC(C)(C)Cc1ncccc1F.CC(C)(C)Cc1ncccn1.CN1C2CCC1CC(C(C)(C)C)C2.Cc1cccc(CC(C)(C)C)n1. The van der Waals surface area contributed by atoms with Gasteiger partial charge in [-0.05, 0) is 280 Å². The summed E-state index contributed by atoms with van der Waals surface area (Å²) in [5.41, 5.74) is 9.27. The summed E-state index contributed by atoms with van der Waals surface area (Å²) in [6.45, 7) is 71.2. The minimum Gasteiger partial charge on any atom is -0.317 e. The Morgan fingerprint density at radius 1 is 0.378 bits per heavy atom. The number of hydrogen-bond donors (Lipinski definition) is 2. The summed E-state index contributed by atoms with van der Waals surface area (Å²) >= 11 is 0. The first-order chi connectivity index (χ1) is 54.5. The Balaban J connectivity index is 0.000000342. The lowest BCUT2D eigenvalue weighted by atomic mass is 9.73. The van der Waals surface area contributed by atoms with Crippen molar-refractivity contribution in [3.8, 4) is 0 Å². The zero-order valence-electron chi connectivity index (χ0n) is 80.5. The summed E-state index contributed by atoms with van der Waals surface area (Å²) in [6.07, 6.45) is 27.5. The summed E-state index contributed by atoms with van der Waals surface area (Å²) in [5, 5.41) is 14.9. The molecule has 0 aromatic carbocycles. The summed E-state index contributed by atoms with van der Waals surface area (Å²) in [6, 6.07) is 30.3. The van der Waals surface area contributed by atoms with Crippen molar-refractivity contribution >= 4 is 0 Å². The van der Waals surface area contributed by atoms with Gasteiger partial charge in [0.1, 0.15) is 23.2 Å². The monoisotopic (exact) mass is 1650 g/mol. The Morgan fingerprint density at radius 3 is 1.24 bits per heavy atom. The quantitative estimate of drug-likeness (QED) is 0.147. The number of fused-ring (bicyclic) bond motifs is 4. The molecule has 5 fully saturated rings. The summed E-state index contributed by atoms with van der Waals surface area (Å²) in [7, 11) is 2.32. The van der Waals surface area contributed by atoms with E-state index < -0.39 is 11.9 Å². The molecular formula is C102H165F5N12. The van der Waals surface area contributed by atoms with Gasteiger partial charge in [0.05, 0.1) is 17.6 Å². The molecule has 0 radical (unpaired) electrons. The van der Waals surface area contributed by atoms with Crippen LogP contribution in [0.1, 0.15) is 323 Å². The predicted molar refractivity (Wildman–Crippen MR) is 491 cm³/mol. The average molecular weight is 1650 g/mol. The van der Waals surface area contributed by atoms with Crippen LogP contribution in [0, 0.1) is 90.5 Å². The highest BCUT2D eigenvalue weighted by atomic mass is 19.4. The first kappa shape index (κ1) is 107. The third-order valence-electron chi connectivity index (χ3n) is 21.2. The van der Waals surface area contributed by atoms with Crippen molar-refractivity contribution in [2.75, 3.05) is 20.1 Å². The van der Waals surface area contributed by atoms with Crippen LogP contribution in [0.5, 0.6) is 0 Å². The third kappa shape index (κ3) is 50.0. The van der Waals surface area contributed by atoms with Gasteiger partial charge in [0, 0.05) is 90.5 Å². The van der Waals surface area contributed by atoms with Crippen LogP contribution in [0.25, 0.3) is 0 Å². The van der Waals surface area contributed by atoms with Gasteiger partial charge >= 0.3 is 6.18 Å². The van der Waals surface area contributed by atoms with Gasteiger partial charge in [-0.15, -0.1) is 0 Å². The Hall–Kier alpha value is -6.56. The van der Waals surface area contributed by atoms with Gasteiger partial charge < -0.3 is 15.5 Å². The molecule has 5 aliphatic rings. The Bertz CT molecular complexity index is 3700. The third-order valence-corrected chi connectivity index (χ3v) is 21.2. The van der Waals surface area contributed by atoms with Gasteiger partial charge in [-0.2, -0.15) is 23.4 Å². The van der Waals surface area contributed by atoms with Crippen LogP contribution in [0.15, 0.2) is 134 Å². The number of alkyl halides is 3. The second-order valence-electron chi connectivity index (χ2n) is 45.7. The van der Waals surface area contributed by atoms with E-state index in [9.17, 15) is 22.0 Å². The van der Waals surface area contributed by atoms with Gasteiger partial charge in [0.25, 0.3) is 0 Å². The highest BCUT2D eigenvalue weighted by molar-refractivity contribution is 5.18. The molecule has 0 spiro atoms. The van der Waals surface area contributed by atoms with E-state index in [1.165, 1.54) is 119 Å². The molecule has 0 aliphatic carbocycles. The van der Waals surface area contributed by atoms with Gasteiger partial charge in [0.2, 0.25) is 0 Å². The molecule has 4 atom stereocenters. The summed E-state index contributed by atoms with van der Waals surface area (Å²) in [4.78, 5) is 31.0. The van der Waals surface area contributed by atoms with Crippen LogP contribution in [0.3, 0.4) is 0 Å². The van der Waals surface area contributed by atoms with E-state index in [0.29, 0.717) is 44.6 Å². The van der Waals surface area contributed by atoms with Crippen molar-refractivity contribution in [3.05, 3.63) is 197 Å². The molecule has 5 saturated heterocycles. The molecule has 668 valence electrons. The maximum absolute atomic E-state index is 13.1. The normalized spacial score (nSPS) is 19.0. The number of hydrogen-bond acceptors (Lipinski definition) is 12. The smallest absolute Gasteiger partial charge is 0.317 e. The Labute approximate surface area is 722 Å². The predicted octanol–water partition coefficient (Wildman–Crippen LogP) is 26.6. The number of aromatic nitrogens is 9. The van der Waals surface area contributed by atoms with Crippen LogP contribution in [-0.4, -0.2) is 94.3 Å². The highest BCUT2D eigenvalue weighted by Gasteiger charge is 2.42. The van der Waals surface area contributed by atoms with Crippen LogP contribution in [0.2, 0.25) is 0 Å². The van der Waals surface area contributed by atoms with Gasteiger partial charge in [-0.25, -0.2) is 18.7 Å². The lowest BCUT2D eigenvalue weighted by Gasteiger charge is -2.42. The number of pyridine rings is 5. The molecular weight excluding hydrogens is 1490 g/mol. The molecule has 7 aromatic heterocycles. The minimum absolute atomic E-state index is 0.0570. The van der Waals surface area contributed by atoms with Crippen molar-refractivity contribution < 1.29 is 22.0 Å². The van der Waals surface area contributed by atoms with E-state index in [4.69, 9.17) is 0 Å². The maximum Gasteiger partial charge on any atom is 0.433 e. The van der Waals surface area contributed by atoms with Gasteiger partial charge in [-0.3, -0.25) is 24.9 Å². The molecule has 12 heterocycles. The molecule has 5 aliphatic heterocycles. The van der Waals surface area contributed by atoms with Gasteiger partial charge in [-0.1, -0.05) is 226 Å². The molecule has 12 nitrogen and oxygen atoms in total. The fourth-order valence-corrected chi connectivity index (χ4v) is 15.1. The first-order valence-corrected chi connectivity index (χ1v) is 44.3. The number of nitrogens with zero attached hydrogens (tertiary/aromatic N) is 10. The van der Waals surface area contributed by atoms with Crippen molar-refractivity contribution in [2.24, 2.45) is 71.9 Å². The molecule has 4 unspecified atom stereocenters. The van der Waals surface area contributed by atoms with Crippen molar-refractivity contribution in [2.45, 2.75) is 354 Å². The van der Waals surface area contributed by atoms with E-state index in [-0.39, 0.29) is 33.3 Å². The largest absolute Gasteiger partial charge is 0.433 e. The molecule has 119 heavy (non-hydrogen) atoms. The molecule has 17 heteroatoms. The second-order valence-corrected chi connectivity index (χ2v) is 45.7. The minimum atomic E-state index is -4.35. The number of piperidine rings is 3. The lowest BCUT2D eigenvalue weighted by molar-refractivity contribution is -0.141. The fraction of sp³-hybridized carbons (Fsp3) is 0.676. The van der Waals surface area contributed by atoms with Crippen LogP contribution in [-0.2, 0) is 51.1 Å². The van der Waals surface area contributed by atoms with Gasteiger partial charge in [0.15, 0.2) is 0 Å². The molecule has 4 bridgehead atoms. The zero-order valence-corrected chi connectivity index (χ0v) is 80.5. The Kier molecular flexibility index (Phi) is 42.9. The topological polar surface area (TPSA) is 143 Å². The van der Waals surface area contributed by atoms with E-state index in [1.807, 2.05) is 70.3 Å². The molecule has 12 rings (SSSR count). The Morgan fingerprint density at radius 2 is 0.832 bits per heavy atom. The van der Waals surface area contributed by atoms with Crippen LogP contribution < -0.4 is 10.6 Å². The fourth-order valence-electron chi connectivity index (χ4n) is 15.1. The maximum atomic E-state index is 13.1. The lowest BCUT2D eigenvalue weighted by Crippen LogP contribution is -2.43. The number of aryl methyl sites for hydroxylation is 1. The number of nitrogens with one attached hydrogen (secondary N) is 2. The standard InChI is InChI=1S/C12H23N.C11H14F3N.C11H21N.C11H17N.2C10H14FN.C10H15N.2C9H14N2.C9H19N/c1-12(2,3)9-7-10-5-6-11(8-9)13(10)4;1-10(2,3)6-8-4-5-9(15-7-8)11(12,13)14;1-11(2,3)8-6-9-4-5-10(7-8)12-9;1-9-6-5-7-10(12-9)8-11(2,3)4;1-10(2,3)6-9-5-4-8(11)7-12-9;1-10(2,3)7-9-8(11)5-4-6-12-9;1-10(2,3)8-9-6-4-5-7-11-9;1-9(2,3)7-8-10-5-4-6-11-8;1-9(2,3)7-8-5-4-6-10-11-8;1-9(2,3)8-4-6-10-7-5-8/h9-11H,5-8H2,1-4H3;4-5,7H,6H2,1-3H3;8-10,12H,4-7H2,1-3H3;5-7H,8H2,1-4H3;4-5,7H,6H2,1-3H3;4-6H,7H2,1-3H3;4-7H,8H2,1-3H3;2*4-6H,7H2,1-3H3;8,10H,4-7H2,1-3H3. The first-order valence-electron chi connectivity index (χ1n) is 44.3. The molecule has 2 N–H and O–H groups in total. The zero-order chi connectivity index (χ0) is 90.2.